The fourth-order valence-corrected chi connectivity index (χ4v) is 1.85. The lowest BCUT2D eigenvalue weighted by molar-refractivity contribution is 0.304. The average molecular weight is 323 g/mol. The second-order valence-corrected chi connectivity index (χ2v) is 4.99. The third-order valence-electron chi connectivity index (χ3n) is 2.31. The molecular weight excluding hydrogens is 312 g/mol. The van der Waals surface area contributed by atoms with E-state index in [1.54, 1.807) is 18.3 Å². The van der Waals surface area contributed by atoms with E-state index in [-0.39, 0.29) is 4.99 Å². The summed E-state index contributed by atoms with van der Waals surface area (Å²) in [6, 6.07) is 11.5. The van der Waals surface area contributed by atoms with Crippen molar-refractivity contribution in [2.45, 2.75) is 6.61 Å². The molecule has 0 radical (unpaired) electrons. The molecule has 0 aliphatic rings. The summed E-state index contributed by atoms with van der Waals surface area (Å²) in [6.45, 7) is 0.453. The minimum absolute atomic E-state index is 0.237. The summed E-state index contributed by atoms with van der Waals surface area (Å²) in [7, 11) is 0. The number of pyridine rings is 1. The van der Waals surface area contributed by atoms with E-state index < -0.39 is 0 Å². The van der Waals surface area contributed by atoms with Gasteiger partial charge in [-0.05, 0) is 29.8 Å². The van der Waals surface area contributed by atoms with Crippen molar-refractivity contribution in [1.29, 1.82) is 0 Å². The molecule has 0 bridgehead atoms. The Kier molecular flexibility index (Phi) is 4.28. The van der Waals surface area contributed by atoms with E-state index in [0.29, 0.717) is 18.1 Å². The van der Waals surface area contributed by atoms with Gasteiger partial charge >= 0.3 is 0 Å². The highest BCUT2D eigenvalue weighted by atomic mass is 79.9. The summed E-state index contributed by atoms with van der Waals surface area (Å²) in [5, 5.41) is 0. The van der Waals surface area contributed by atoms with Crippen LogP contribution in [-0.2, 0) is 6.61 Å². The molecule has 0 fully saturated rings. The van der Waals surface area contributed by atoms with Crippen molar-refractivity contribution in [2.24, 2.45) is 5.73 Å². The fraction of sp³-hybridized carbons (Fsp3) is 0.0769. The highest BCUT2D eigenvalue weighted by molar-refractivity contribution is 9.10. The van der Waals surface area contributed by atoms with E-state index in [9.17, 15) is 0 Å². The largest absolute Gasteiger partial charge is 0.487 e. The molecule has 18 heavy (non-hydrogen) atoms. The monoisotopic (exact) mass is 322 g/mol. The van der Waals surface area contributed by atoms with Crippen LogP contribution in [0.15, 0.2) is 47.1 Å². The normalized spacial score (nSPS) is 10.1. The summed E-state index contributed by atoms with van der Waals surface area (Å²) >= 11 is 8.31. The van der Waals surface area contributed by atoms with Crippen molar-refractivity contribution in [1.82, 2.24) is 4.98 Å². The Bertz CT molecular complexity index is 557. The number of nitrogens with zero attached hydrogens (tertiary/aromatic N) is 1. The maximum absolute atomic E-state index is 5.68. The summed E-state index contributed by atoms with van der Waals surface area (Å²) in [5.74, 6) is 0.605. The number of nitrogens with two attached hydrogens (primary N) is 1. The van der Waals surface area contributed by atoms with Gasteiger partial charge in [0.1, 0.15) is 23.0 Å². The van der Waals surface area contributed by atoms with Crippen LogP contribution in [0.4, 0.5) is 0 Å². The first-order chi connectivity index (χ1) is 8.66. The SMILES string of the molecule is NC(=S)c1ncccc1OCc1ccc(Br)cc1. The Hall–Kier alpha value is -1.46. The molecule has 92 valence electrons. The topological polar surface area (TPSA) is 48.1 Å². The maximum atomic E-state index is 5.68. The third kappa shape index (κ3) is 3.27. The zero-order valence-electron chi connectivity index (χ0n) is 9.47. The number of thiocarbonyl (C=S) groups is 1. The van der Waals surface area contributed by atoms with Gasteiger partial charge in [0.05, 0.1) is 0 Å². The van der Waals surface area contributed by atoms with Gasteiger partial charge in [-0.1, -0.05) is 40.3 Å². The molecule has 0 saturated carbocycles. The van der Waals surface area contributed by atoms with Gasteiger partial charge in [-0.25, -0.2) is 4.98 Å². The molecule has 0 spiro atoms. The Morgan fingerprint density at radius 3 is 2.67 bits per heavy atom. The van der Waals surface area contributed by atoms with Gasteiger partial charge in [-0.3, -0.25) is 0 Å². The molecule has 3 nitrogen and oxygen atoms in total. The molecule has 1 aromatic carbocycles. The van der Waals surface area contributed by atoms with E-state index in [2.05, 4.69) is 20.9 Å². The molecule has 0 aliphatic carbocycles. The van der Waals surface area contributed by atoms with Crippen molar-refractivity contribution >= 4 is 33.1 Å². The minimum atomic E-state index is 0.237. The maximum Gasteiger partial charge on any atom is 0.148 e. The molecule has 1 aromatic heterocycles. The van der Waals surface area contributed by atoms with Crippen LogP contribution >= 0.6 is 28.1 Å². The quantitative estimate of drug-likeness (QED) is 0.879. The van der Waals surface area contributed by atoms with Crippen LogP contribution in [0.2, 0.25) is 0 Å². The lowest BCUT2D eigenvalue weighted by Crippen LogP contribution is -2.13. The molecule has 2 aromatic rings. The number of rotatable bonds is 4. The van der Waals surface area contributed by atoms with Gasteiger partial charge < -0.3 is 10.5 Å². The highest BCUT2D eigenvalue weighted by Gasteiger charge is 2.07. The summed E-state index contributed by atoms with van der Waals surface area (Å²) in [6.07, 6.45) is 1.64. The van der Waals surface area contributed by atoms with Gasteiger partial charge in [0, 0.05) is 10.7 Å². The molecule has 1 heterocycles. The highest BCUT2D eigenvalue weighted by Crippen LogP contribution is 2.17. The van der Waals surface area contributed by atoms with E-state index in [4.69, 9.17) is 22.7 Å². The Morgan fingerprint density at radius 2 is 2.00 bits per heavy atom. The van der Waals surface area contributed by atoms with Gasteiger partial charge in [0.2, 0.25) is 0 Å². The van der Waals surface area contributed by atoms with Crippen LogP contribution in [0.3, 0.4) is 0 Å². The molecule has 0 aliphatic heterocycles. The van der Waals surface area contributed by atoms with Gasteiger partial charge in [-0.15, -0.1) is 0 Å². The minimum Gasteiger partial charge on any atom is -0.487 e. The zero-order chi connectivity index (χ0) is 13.0. The van der Waals surface area contributed by atoms with Crippen LogP contribution in [-0.4, -0.2) is 9.97 Å². The molecule has 2 rings (SSSR count). The van der Waals surface area contributed by atoms with Crippen molar-refractivity contribution in [3.63, 3.8) is 0 Å². The van der Waals surface area contributed by atoms with Crippen LogP contribution in [0, 0.1) is 0 Å². The van der Waals surface area contributed by atoms with E-state index in [1.165, 1.54) is 0 Å². The summed E-state index contributed by atoms with van der Waals surface area (Å²) in [4.78, 5) is 4.34. The zero-order valence-corrected chi connectivity index (χ0v) is 11.9. The number of halogens is 1. The first kappa shape index (κ1) is 13.0. The molecule has 2 N–H and O–H groups in total. The summed E-state index contributed by atoms with van der Waals surface area (Å²) < 4.78 is 6.72. The molecular formula is C13H11BrN2OS. The fourth-order valence-electron chi connectivity index (χ4n) is 1.43. The molecule has 0 unspecified atom stereocenters. The number of hydrogen-bond donors (Lipinski definition) is 1. The smallest absolute Gasteiger partial charge is 0.148 e. The predicted molar refractivity (Wildman–Crippen MR) is 78.6 cm³/mol. The van der Waals surface area contributed by atoms with E-state index in [0.717, 1.165) is 10.0 Å². The third-order valence-corrected chi connectivity index (χ3v) is 3.03. The first-order valence-electron chi connectivity index (χ1n) is 5.29. The molecule has 0 amide bonds. The van der Waals surface area contributed by atoms with E-state index in [1.807, 2.05) is 24.3 Å². The van der Waals surface area contributed by atoms with Gasteiger partial charge in [0.15, 0.2) is 0 Å². The Balaban J connectivity index is 2.10. The molecule has 0 saturated heterocycles. The second kappa shape index (κ2) is 5.93. The average Bonchev–Trinajstić information content (AvgIpc) is 2.38. The Morgan fingerprint density at radius 1 is 1.28 bits per heavy atom. The number of hydrogen-bond acceptors (Lipinski definition) is 3. The van der Waals surface area contributed by atoms with Crippen molar-refractivity contribution in [3.05, 3.63) is 58.3 Å². The molecule has 0 atom stereocenters. The predicted octanol–water partition coefficient (Wildman–Crippen LogP) is 3.06. The van der Waals surface area contributed by atoms with Gasteiger partial charge in [-0.2, -0.15) is 0 Å². The first-order valence-corrected chi connectivity index (χ1v) is 6.49. The molecule has 5 heteroatoms. The lowest BCUT2D eigenvalue weighted by Gasteiger charge is -2.09. The van der Waals surface area contributed by atoms with Gasteiger partial charge in [0.25, 0.3) is 0 Å². The van der Waals surface area contributed by atoms with Crippen LogP contribution in [0.5, 0.6) is 5.75 Å². The number of ether oxygens (including phenoxy) is 1. The standard InChI is InChI=1S/C13H11BrN2OS/c14-10-5-3-9(4-6-10)8-17-11-2-1-7-16-12(11)13(15)18/h1-7H,8H2,(H2,15,18). The van der Waals surface area contributed by atoms with Crippen molar-refractivity contribution in [2.75, 3.05) is 0 Å². The second-order valence-electron chi connectivity index (χ2n) is 3.63. The van der Waals surface area contributed by atoms with Crippen LogP contribution < -0.4 is 10.5 Å². The lowest BCUT2D eigenvalue weighted by atomic mass is 10.2. The van der Waals surface area contributed by atoms with Crippen molar-refractivity contribution < 1.29 is 4.74 Å². The number of aromatic nitrogens is 1. The van der Waals surface area contributed by atoms with E-state index >= 15 is 0 Å². The van der Waals surface area contributed by atoms with Crippen molar-refractivity contribution in [3.8, 4) is 5.75 Å². The van der Waals surface area contributed by atoms with Crippen LogP contribution in [0.25, 0.3) is 0 Å². The Labute approximate surface area is 119 Å². The number of benzene rings is 1. The summed E-state index contributed by atoms with van der Waals surface area (Å²) in [5.41, 5.74) is 7.17. The van der Waals surface area contributed by atoms with Crippen LogP contribution in [0.1, 0.15) is 11.3 Å².